The van der Waals surface area contributed by atoms with E-state index in [1.54, 1.807) is 24.3 Å². The molecular formula is C38H52BrN3O5. The topological polar surface area (TPSA) is 105 Å². The van der Waals surface area contributed by atoms with Crippen LogP contribution in [0.3, 0.4) is 0 Å². The van der Waals surface area contributed by atoms with Crippen molar-refractivity contribution in [1.29, 1.82) is 0 Å². The van der Waals surface area contributed by atoms with Crippen molar-refractivity contribution in [3.05, 3.63) is 66.5 Å². The number of rotatable bonds is 22. The number of amides is 2. The fraction of sp³-hybridized carbons (Fsp3) is 0.500. The van der Waals surface area contributed by atoms with Crippen molar-refractivity contribution in [2.75, 3.05) is 17.7 Å². The van der Waals surface area contributed by atoms with Gasteiger partial charge in [-0.25, -0.2) is 0 Å². The monoisotopic (exact) mass is 709 g/mol. The fourth-order valence-corrected chi connectivity index (χ4v) is 5.53. The van der Waals surface area contributed by atoms with Gasteiger partial charge in [0.05, 0.1) is 13.5 Å². The van der Waals surface area contributed by atoms with E-state index in [-0.39, 0.29) is 54.0 Å². The predicted octanol–water partition coefficient (Wildman–Crippen LogP) is 5.33. The van der Waals surface area contributed by atoms with Crippen molar-refractivity contribution in [3.63, 3.8) is 0 Å². The zero-order valence-electron chi connectivity index (χ0n) is 28.2. The highest BCUT2D eigenvalue weighted by Gasteiger charge is 2.15. The maximum absolute atomic E-state index is 13.0. The third-order valence-corrected chi connectivity index (χ3v) is 8.26. The summed E-state index contributed by atoms with van der Waals surface area (Å²) in [6.07, 6.45) is 20.9. The lowest BCUT2D eigenvalue weighted by atomic mass is 10.0. The summed E-state index contributed by atoms with van der Waals surface area (Å²) < 4.78 is 6.38. The van der Waals surface area contributed by atoms with Crippen LogP contribution in [-0.4, -0.2) is 30.7 Å². The Morgan fingerprint density at radius 2 is 1.28 bits per heavy atom. The van der Waals surface area contributed by atoms with Crippen LogP contribution in [0.4, 0.5) is 11.4 Å². The SMILES string of the molecule is CCCCCCCCCCCCCCCC(=O)Nc1cccc2c[n+](CC(=O)c3ccc(NC(=O)CCC(=O)OC)cc3)ccc12.[Br-]. The Labute approximate surface area is 290 Å². The Hall–Kier alpha value is -3.59. The number of carbonyl (C=O) groups is 4. The Kier molecular flexibility index (Phi) is 19.3. The third kappa shape index (κ3) is 15.2. The molecule has 8 nitrogen and oxygen atoms in total. The minimum absolute atomic E-state index is 0. The molecule has 2 amide bonds. The van der Waals surface area contributed by atoms with Crippen LogP contribution in [0.2, 0.25) is 0 Å². The molecular weight excluding hydrogens is 658 g/mol. The van der Waals surface area contributed by atoms with Crippen molar-refractivity contribution in [2.45, 2.75) is 116 Å². The van der Waals surface area contributed by atoms with E-state index >= 15 is 0 Å². The average molecular weight is 711 g/mol. The lowest BCUT2D eigenvalue weighted by Gasteiger charge is -2.09. The normalized spacial score (nSPS) is 10.7. The molecule has 0 aliphatic heterocycles. The maximum Gasteiger partial charge on any atom is 0.306 e. The molecule has 0 aliphatic rings. The van der Waals surface area contributed by atoms with Gasteiger partial charge < -0.3 is 32.4 Å². The number of ether oxygens (including phenoxy) is 1. The number of aromatic nitrogens is 1. The number of anilines is 2. The predicted molar refractivity (Wildman–Crippen MR) is 184 cm³/mol. The van der Waals surface area contributed by atoms with Crippen LogP contribution in [0.25, 0.3) is 10.8 Å². The molecule has 2 N–H and O–H groups in total. The Morgan fingerprint density at radius 1 is 0.681 bits per heavy atom. The van der Waals surface area contributed by atoms with E-state index in [1.807, 2.05) is 41.2 Å². The smallest absolute Gasteiger partial charge is 0.306 e. The number of hydrogen-bond acceptors (Lipinski definition) is 5. The van der Waals surface area contributed by atoms with Crippen LogP contribution >= 0.6 is 0 Å². The minimum Gasteiger partial charge on any atom is -1.00 e. The molecule has 3 rings (SSSR count). The molecule has 2 aromatic carbocycles. The summed E-state index contributed by atoms with van der Waals surface area (Å²) in [6.45, 7) is 2.41. The van der Waals surface area contributed by atoms with E-state index < -0.39 is 5.97 Å². The number of benzene rings is 2. The summed E-state index contributed by atoms with van der Waals surface area (Å²) in [6, 6.07) is 14.4. The molecule has 47 heavy (non-hydrogen) atoms. The molecule has 0 saturated carbocycles. The molecule has 0 atom stereocenters. The van der Waals surface area contributed by atoms with Crippen LogP contribution < -0.4 is 32.2 Å². The molecule has 256 valence electrons. The van der Waals surface area contributed by atoms with E-state index in [0.717, 1.165) is 29.3 Å². The number of Topliss-reactive ketones (excluding diaryl/α,β-unsaturated/α-hetero) is 1. The van der Waals surface area contributed by atoms with Crippen LogP contribution in [-0.2, 0) is 25.7 Å². The molecule has 1 aromatic heterocycles. The molecule has 0 aliphatic carbocycles. The van der Waals surface area contributed by atoms with Gasteiger partial charge in [0.25, 0.3) is 0 Å². The van der Waals surface area contributed by atoms with Gasteiger partial charge in [-0.2, -0.15) is 4.57 Å². The van der Waals surface area contributed by atoms with Crippen LogP contribution in [0.1, 0.15) is 120 Å². The minimum atomic E-state index is -0.441. The van der Waals surface area contributed by atoms with Crippen LogP contribution in [0.15, 0.2) is 60.9 Å². The van der Waals surface area contributed by atoms with Crippen molar-refractivity contribution in [1.82, 2.24) is 0 Å². The van der Waals surface area contributed by atoms with Gasteiger partial charge in [0.1, 0.15) is 0 Å². The molecule has 0 radical (unpaired) electrons. The van der Waals surface area contributed by atoms with Crippen LogP contribution in [0.5, 0.6) is 0 Å². The standard InChI is InChI=1S/C38H51N3O5.BrH/c1-3-4-5-6-7-8-9-10-11-12-13-14-15-19-36(43)40-34-18-16-17-31-28-41(27-26-33(31)34)29-35(42)30-20-22-32(23-21-30)39-37(44)24-25-38(45)46-2;/h16-18,20-23,26-28H,3-15,19,24-25,29H2,1-2H3,(H-,39,40,42,43,44);1H. The zero-order valence-corrected chi connectivity index (χ0v) is 29.7. The van der Waals surface area contributed by atoms with Gasteiger partial charge in [-0.1, -0.05) is 90.0 Å². The summed E-state index contributed by atoms with van der Waals surface area (Å²) in [5.74, 6) is -0.782. The number of pyridine rings is 1. The second-order valence-corrected chi connectivity index (χ2v) is 12.1. The van der Waals surface area contributed by atoms with Gasteiger partial charge in [-0.3, -0.25) is 19.2 Å². The average Bonchev–Trinajstić information content (AvgIpc) is 3.06. The second kappa shape index (κ2) is 22.9. The number of hydrogen-bond donors (Lipinski definition) is 2. The lowest BCUT2D eigenvalue weighted by molar-refractivity contribution is -0.681. The molecule has 1 heterocycles. The molecule has 9 heteroatoms. The van der Waals surface area contributed by atoms with Crippen molar-refractivity contribution in [3.8, 4) is 0 Å². The van der Waals surface area contributed by atoms with Crippen molar-refractivity contribution in [2.24, 2.45) is 0 Å². The number of esters is 1. The highest BCUT2D eigenvalue weighted by molar-refractivity contribution is 6.01. The molecule has 0 bridgehead atoms. The number of ketones is 1. The molecule has 0 fully saturated rings. The molecule has 3 aromatic rings. The third-order valence-electron chi connectivity index (χ3n) is 8.26. The zero-order chi connectivity index (χ0) is 33.0. The number of nitrogens with zero attached hydrogens (tertiary/aromatic N) is 1. The number of nitrogens with one attached hydrogen (secondary N) is 2. The molecule has 0 spiro atoms. The van der Waals surface area contributed by atoms with Crippen molar-refractivity contribution >= 4 is 45.7 Å². The number of halogens is 1. The number of fused-ring (bicyclic) bond motifs is 1. The lowest BCUT2D eigenvalue weighted by Crippen LogP contribution is -3.00. The first-order valence-electron chi connectivity index (χ1n) is 17.1. The largest absolute Gasteiger partial charge is 1.00 e. The number of carbonyl (C=O) groups excluding carboxylic acids is 4. The van der Waals surface area contributed by atoms with E-state index in [2.05, 4.69) is 22.3 Å². The van der Waals surface area contributed by atoms with Gasteiger partial charge in [0.2, 0.25) is 24.1 Å². The van der Waals surface area contributed by atoms with Gasteiger partial charge in [-0.15, -0.1) is 0 Å². The Morgan fingerprint density at radius 3 is 1.89 bits per heavy atom. The number of unbranched alkanes of at least 4 members (excludes halogenated alkanes) is 12. The Bertz CT molecular complexity index is 1410. The first-order valence-corrected chi connectivity index (χ1v) is 17.1. The van der Waals surface area contributed by atoms with E-state index in [1.165, 1.54) is 77.7 Å². The highest BCUT2D eigenvalue weighted by atomic mass is 79.9. The van der Waals surface area contributed by atoms with E-state index in [0.29, 0.717) is 17.7 Å². The highest BCUT2D eigenvalue weighted by Crippen LogP contribution is 2.22. The Balaban J connectivity index is 0.00000768. The van der Waals surface area contributed by atoms with E-state index in [4.69, 9.17) is 0 Å². The quantitative estimate of drug-likeness (QED) is 0.0636. The second-order valence-electron chi connectivity index (χ2n) is 12.1. The fourth-order valence-electron chi connectivity index (χ4n) is 5.53. The summed E-state index contributed by atoms with van der Waals surface area (Å²) in [5, 5.41) is 7.65. The first-order chi connectivity index (χ1) is 22.4. The first kappa shape index (κ1) is 39.6. The molecule has 0 saturated heterocycles. The van der Waals surface area contributed by atoms with Gasteiger partial charge in [-0.05, 0) is 42.8 Å². The summed E-state index contributed by atoms with van der Waals surface area (Å²) in [5.41, 5.74) is 1.85. The van der Waals surface area contributed by atoms with Gasteiger partial charge in [0.15, 0.2) is 12.4 Å². The number of methoxy groups -OCH3 is 1. The summed E-state index contributed by atoms with van der Waals surface area (Å²) >= 11 is 0. The van der Waals surface area contributed by atoms with Gasteiger partial charge >= 0.3 is 5.97 Å². The maximum atomic E-state index is 13.0. The summed E-state index contributed by atoms with van der Waals surface area (Å²) in [7, 11) is 1.28. The molecule has 0 unspecified atom stereocenters. The van der Waals surface area contributed by atoms with Gasteiger partial charge in [0, 0.05) is 46.6 Å². The van der Waals surface area contributed by atoms with E-state index in [9.17, 15) is 19.2 Å². The van der Waals surface area contributed by atoms with Crippen molar-refractivity contribution < 1.29 is 45.5 Å². The van der Waals surface area contributed by atoms with Crippen LogP contribution in [0, 0.1) is 0 Å². The summed E-state index contributed by atoms with van der Waals surface area (Å²) in [4.78, 5) is 48.9.